The van der Waals surface area contributed by atoms with Crippen LogP contribution in [0.25, 0.3) is 0 Å². The van der Waals surface area contributed by atoms with Crippen molar-refractivity contribution in [1.29, 1.82) is 0 Å². The van der Waals surface area contributed by atoms with Crippen molar-refractivity contribution in [3.05, 3.63) is 12.7 Å². The van der Waals surface area contributed by atoms with Crippen molar-refractivity contribution in [3.63, 3.8) is 0 Å². The van der Waals surface area contributed by atoms with Crippen molar-refractivity contribution < 1.29 is 4.79 Å². The first-order chi connectivity index (χ1) is 4.18. The third kappa shape index (κ3) is 7.41. The Labute approximate surface area is 57.8 Å². The Kier molecular flexibility index (Phi) is 9.25. The largest absolute Gasteiger partial charge is 0.295 e. The zero-order chi connectivity index (χ0) is 7.86. The summed E-state index contributed by atoms with van der Waals surface area (Å²) < 4.78 is 0. The first-order valence-corrected chi connectivity index (χ1v) is 3.34. The minimum atomic E-state index is 0.109. The fourth-order valence-electron chi connectivity index (χ4n) is 0.236. The molecule has 1 nitrogen and oxygen atoms in total. The molecule has 0 aromatic heterocycles. The third-order valence-electron chi connectivity index (χ3n) is 0.770. The molecule has 0 saturated heterocycles. The molecule has 0 N–H and O–H groups in total. The Morgan fingerprint density at radius 1 is 1.44 bits per heavy atom. The number of hydrogen-bond donors (Lipinski definition) is 0. The molecule has 0 aromatic carbocycles. The Hall–Kier alpha value is -0.590. The summed E-state index contributed by atoms with van der Waals surface area (Å²) in [5, 5.41) is 0. The molecule has 0 fully saturated rings. The number of rotatable bonds is 2. The highest BCUT2D eigenvalue weighted by atomic mass is 16.1. The maximum Gasteiger partial charge on any atom is 0.157 e. The predicted molar refractivity (Wildman–Crippen MR) is 41.4 cm³/mol. The predicted octanol–water partition coefficient (Wildman–Crippen LogP) is 2.42. The van der Waals surface area contributed by atoms with Crippen LogP contribution >= 0.6 is 0 Å². The molecule has 0 unspecified atom stereocenters. The van der Waals surface area contributed by atoms with Gasteiger partial charge in [0.15, 0.2) is 5.78 Å². The summed E-state index contributed by atoms with van der Waals surface area (Å²) in [5.74, 6) is 0.220. The van der Waals surface area contributed by atoms with E-state index in [1.165, 1.54) is 6.08 Å². The summed E-state index contributed by atoms with van der Waals surface area (Å²) in [5.41, 5.74) is 0. The molecule has 0 aromatic rings. The maximum absolute atomic E-state index is 10.4. The van der Waals surface area contributed by atoms with Gasteiger partial charge in [0.2, 0.25) is 0 Å². The van der Waals surface area contributed by atoms with Gasteiger partial charge in [-0.05, 0) is 6.08 Å². The lowest BCUT2D eigenvalue weighted by Gasteiger charge is -1.92. The average Bonchev–Trinajstić information content (AvgIpc) is 1.91. The monoisotopic (exact) mass is 128 g/mol. The number of hydrogen-bond acceptors (Lipinski definition) is 1. The fraction of sp³-hybridized carbons (Fsp3) is 0.625. The standard InChI is InChI=1S/C6H10O.C2H6/c1-4-6(7)5(2)3;1-2/h4-5H,1H2,2-3H3;1-2H3. The van der Waals surface area contributed by atoms with Crippen molar-refractivity contribution in [3.8, 4) is 0 Å². The Bertz CT molecular complexity index is 82.6. The van der Waals surface area contributed by atoms with Crippen LogP contribution in [-0.2, 0) is 4.79 Å². The molecule has 0 bridgehead atoms. The molecule has 0 atom stereocenters. The van der Waals surface area contributed by atoms with Crippen LogP contribution in [-0.4, -0.2) is 5.78 Å². The van der Waals surface area contributed by atoms with E-state index < -0.39 is 0 Å². The Morgan fingerprint density at radius 2 is 1.78 bits per heavy atom. The topological polar surface area (TPSA) is 17.1 Å². The molecule has 0 saturated carbocycles. The summed E-state index contributed by atoms with van der Waals surface area (Å²) in [7, 11) is 0. The summed E-state index contributed by atoms with van der Waals surface area (Å²) >= 11 is 0. The van der Waals surface area contributed by atoms with E-state index in [4.69, 9.17) is 0 Å². The first kappa shape index (κ1) is 11.2. The van der Waals surface area contributed by atoms with Crippen molar-refractivity contribution in [1.82, 2.24) is 0 Å². The van der Waals surface area contributed by atoms with Crippen molar-refractivity contribution in [2.24, 2.45) is 5.92 Å². The normalized spacial score (nSPS) is 7.67. The summed E-state index contributed by atoms with van der Waals surface area (Å²) in [4.78, 5) is 10.4. The quantitative estimate of drug-likeness (QED) is 0.522. The minimum Gasteiger partial charge on any atom is -0.295 e. The van der Waals surface area contributed by atoms with Crippen LogP contribution in [0.15, 0.2) is 12.7 Å². The van der Waals surface area contributed by atoms with Gasteiger partial charge in [0, 0.05) is 5.92 Å². The molecule has 0 aliphatic heterocycles. The molecule has 0 spiro atoms. The molecule has 0 radical (unpaired) electrons. The second-order valence-corrected chi connectivity index (χ2v) is 1.76. The van der Waals surface area contributed by atoms with Crippen LogP contribution in [0.1, 0.15) is 27.7 Å². The van der Waals surface area contributed by atoms with Crippen LogP contribution in [0, 0.1) is 5.92 Å². The minimum absolute atomic E-state index is 0.109. The number of allylic oxidation sites excluding steroid dienone is 1. The second kappa shape index (κ2) is 7.41. The van der Waals surface area contributed by atoms with Gasteiger partial charge in [-0.15, -0.1) is 0 Å². The van der Waals surface area contributed by atoms with E-state index in [9.17, 15) is 4.79 Å². The molecule has 0 aliphatic carbocycles. The van der Waals surface area contributed by atoms with Crippen molar-refractivity contribution in [2.75, 3.05) is 0 Å². The zero-order valence-corrected chi connectivity index (χ0v) is 6.77. The SMILES string of the molecule is C=CC(=O)C(C)C.CC. The number of carbonyl (C=O) groups excluding carboxylic acids is 1. The lowest BCUT2D eigenvalue weighted by molar-refractivity contribution is -0.117. The third-order valence-corrected chi connectivity index (χ3v) is 0.770. The van der Waals surface area contributed by atoms with Gasteiger partial charge in [0.1, 0.15) is 0 Å². The molecule has 54 valence electrons. The van der Waals surface area contributed by atoms with E-state index in [1.54, 1.807) is 0 Å². The maximum atomic E-state index is 10.4. The van der Waals surface area contributed by atoms with E-state index in [1.807, 2.05) is 27.7 Å². The van der Waals surface area contributed by atoms with Gasteiger partial charge in [-0.1, -0.05) is 34.3 Å². The van der Waals surface area contributed by atoms with E-state index in [0.717, 1.165) is 0 Å². The van der Waals surface area contributed by atoms with Gasteiger partial charge < -0.3 is 0 Å². The summed E-state index contributed by atoms with van der Waals surface area (Å²) in [6, 6.07) is 0. The molecule has 0 heterocycles. The van der Waals surface area contributed by atoms with E-state index in [-0.39, 0.29) is 11.7 Å². The fourth-order valence-corrected chi connectivity index (χ4v) is 0.236. The van der Waals surface area contributed by atoms with Crippen LogP contribution in [0.5, 0.6) is 0 Å². The van der Waals surface area contributed by atoms with Crippen molar-refractivity contribution >= 4 is 5.78 Å². The zero-order valence-electron chi connectivity index (χ0n) is 6.77. The molecule has 0 rings (SSSR count). The summed E-state index contributed by atoms with van der Waals surface area (Å²) in [6.45, 7) is 11.0. The Morgan fingerprint density at radius 3 is 1.78 bits per heavy atom. The number of carbonyl (C=O) groups is 1. The number of ketones is 1. The highest BCUT2D eigenvalue weighted by Crippen LogP contribution is 1.92. The Balaban J connectivity index is 0. The first-order valence-electron chi connectivity index (χ1n) is 3.34. The van der Waals surface area contributed by atoms with E-state index in [0.29, 0.717) is 0 Å². The van der Waals surface area contributed by atoms with Crippen LogP contribution in [0.2, 0.25) is 0 Å². The lowest BCUT2D eigenvalue weighted by atomic mass is 10.1. The second-order valence-electron chi connectivity index (χ2n) is 1.76. The van der Waals surface area contributed by atoms with E-state index in [2.05, 4.69) is 6.58 Å². The molecule has 9 heavy (non-hydrogen) atoms. The molecular formula is C8H16O. The van der Waals surface area contributed by atoms with Gasteiger partial charge in [-0.2, -0.15) is 0 Å². The molecule has 0 amide bonds. The van der Waals surface area contributed by atoms with Gasteiger partial charge in [-0.25, -0.2) is 0 Å². The average molecular weight is 128 g/mol. The van der Waals surface area contributed by atoms with Crippen LogP contribution in [0.3, 0.4) is 0 Å². The molecule has 1 heteroatoms. The van der Waals surface area contributed by atoms with Gasteiger partial charge >= 0.3 is 0 Å². The highest BCUT2D eigenvalue weighted by Gasteiger charge is 1.98. The van der Waals surface area contributed by atoms with E-state index >= 15 is 0 Å². The van der Waals surface area contributed by atoms with Gasteiger partial charge in [0.25, 0.3) is 0 Å². The molecular weight excluding hydrogens is 112 g/mol. The van der Waals surface area contributed by atoms with Crippen molar-refractivity contribution in [2.45, 2.75) is 27.7 Å². The molecule has 0 aliphatic rings. The van der Waals surface area contributed by atoms with Crippen LogP contribution in [0.4, 0.5) is 0 Å². The lowest BCUT2D eigenvalue weighted by Crippen LogP contribution is -2.00. The van der Waals surface area contributed by atoms with Gasteiger partial charge in [0.05, 0.1) is 0 Å². The van der Waals surface area contributed by atoms with Crippen LogP contribution < -0.4 is 0 Å². The smallest absolute Gasteiger partial charge is 0.157 e. The van der Waals surface area contributed by atoms with Gasteiger partial charge in [-0.3, -0.25) is 4.79 Å². The highest BCUT2D eigenvalue weighted by molar-refractivity contribution is 5.90. The summed E-state index contributed by atoms with van der Waals surface area (Å²) in [6.07, 6.45) is 1.35.